The molecule has 2 nitrogen and oxygen atoms in total. The molecule has 0 aromatic carbocycles. The minimum absolute atomic E-state index is 0.661. The van der Waals surface area contributed by atoms with E-state index in [1.54, 1.807) is 0 Å². The molecular weight excluding hydrogens is 172 g/mol. The maximum absolute atomic E-state index is 5.44. The van der Waals surface area contributed by atoms with Crippen LogP contribution in [0.3, 0.4) is 0 Å². The summed E-state index contributed by atoms with van der Waals surface area (Å²) in [6.07, 6.45) is 6.60. The summed E-state index contributed by atoms with van der Waals surface area (Å²) in [5.41, 5.74) is 6.10. The van der Waals surface area contributed by atoms with Crippen molar-refractivity contribution in [3.8, 4) is 0 Å². The SMILES string of the molecule is CC(C)C1(CNCCCCCN)CC1. The summed E-state index contributed by atoms with van der Waals surface area (Å²) in [5.74, 6) is 0.846. The van der Waals surface area contributed by atoms with E-state index in [9.17, 15) is 0 Å². The molecule has 84 valence electrons. The Morgan fingerprint density at radius 3 is 2.43 bits per heavy atom. The molecule has 1 fully saturated rings. The second-order valence-corrected chi connectivity index (χ2v) is 5.04. The Kier molecular flexibility index (Phi) is 4.90. The minimum Gasteiger partial charge on any atom is -0.330 e. The molecule has 0 atom stereocenters. The summed E-state index contributed by atoms with van der Waals surface area (Å²) in [6, 6.07) is 0. The summed E-state index contributed by atoms with van der Waals surface area (Å²) in [5, 5.41) is 3.59. The lowest BCUT2D eigenvalue weighted by Crippen LogP contribution is -2.28. The predicted molar refractivity (Wildman–Crippen MR) is 62.3 cm³/mol. The molecule has 1 aliphatic rings. The van der Waals surface area contributed by atoms with Crippen LogP contribution < -0.4 is 11.1 Å². The lowest BCUT2D eigenvalue weighted by molar-refractivity contribution is 0.337. The molecule has 0 aromatic rings. The standard InChI is InChI=1S/C12H26N2/c1-11(2)12(6-7-12)10-14-9-5-3-4-8-13/h11,14H,3-10,13H2,1-2H3. The van der Waals surface area contributed by atoms with Gasteiger partial charge in [0, 0.05) is 6.54 Å². The topological polar surface area (TPSA) is 38.0 Å². The molecule has 2 heteroatoms. The van der Waals surface area contributed by atoms with Crippen LogP contribution in [-0.4, -0.2) is 19.6 Å². The zero-order chi connectivity index (χ0) is 10.4. The average molecular weight is 198 g/mol. The zero-order valence-corrected chi connectivity index (χ0v) is 9.81. The Bertz CT molecular complexity index is 150. The summed E-state index contributed by atoms with van der Waals surface area (Å²) in [6.45, 7) is 7.95. The molecular formula is C12H26N2. The van der Waals surface area contributed by atoms with Gasteiger partial charge in [-0.1, -0.05) is 20.3 Å². The van der Waals surface area contributed by atoms with Crippen LogP contribution in [0.5, 0.6) is 0 Å². The molecule has 0 amide bonds. The summed E-state index contributed by atoms with van der Waals surface area (Å²) in [7, 11) is 0. The Balaban J connectivity index is 1.94. The number of hydrogen-bond acceptors (Lipinski definition) is 2. The van der Waals surface area contributed by atoms with Gasteiger partial charge >= 0.3 is 0 Å². The van der Waals surface area contributed by atoms with E-state index < -0.39 is 0 Å². The molecule has 1 rings (SSSR count). The number of hydrogen-bond donors (Lipinski definition) is 2. The van der Waals surface area contributed by atoms with E-state index in [4.69, 9.17) is 5.73 Å². The molecule has 0 heterocycles. The Morgan fingerprint density at radius 2 is 1.93 bits per heavy atom. The van der Waals surface area contributed by atoms with Crippen LogP contribution in [0, 0.1) is 11.3 Å². The maximum Gasteiger partial charge on any atom is 0.00103 e. The van der Waals surface area contributed by atoms with E-state index in [2.05, 4.69) is 19.2 Å². The first-order valence-corrected chi connectivity index (χ1v) is 6.12. The highest BCUT2D eigenvalue weighted by molar-refractivity contribution is 4.96. The van der Waals surface area contributed by atoms with Crippen molar-refractivity contribution >= 4 is 0 Å². The Hall–Kier alpha value is -0.0800. The van der Waals surface area contributed by atoms with Crippen LogP contribution >= 0.6 is 0 Å². The van der Waals surface area contributed by atoms with Gasteiger partial charge in [-0.05, 0) is 50.1 Å². The summed E-state index contributed by atoms with van der Waals surface area (Å²) in [4.78, 5) is 0. The van der Waals surface area contributed by atoms with Crippen molar-refractivity contribution < 1.29 is 0 Å². The van der Waals surface area contributed by atoms with E-state index in [0.717, 1.165) is 12.5 Å². The van der Waals surface area contributed by atoms with Gasteiger partial charge in [0.05, 0.1) is 0 Å². The Labute approximate surface area is 88.6 Å². The van der Waals surface area contributed by atoms with Gasteiger partial charge in [0.25, 0.3) is 0 Å². The van der Waals surface area contributed by atoms with Crippen molar-refractivity contribution in [2.75, 3.05) is 19.6 Å². The molecule has 14 heavy (non-hydrogen) atoms. The van der Waals surface area contributed by atoms with Crippen molar-refractivity contribution in [3.63, 3.8) is 0 Å². The number of unbranched alkanes of at least 4 members (excludes halogenated alkanes) is 2. The quantitative estimate of drug-likeness (QED) is 0.586. The highest BCUT2D eigenvalue weighted by Crippen LogP contribution is 2.51. The normalized spacial score (nSPS) is 18.9. The van der Waals surface area contributed by atoms with Gasteiger partial charge < -0.3 is 11.1 Å². The maximum atomic E-state index is 5.44. The van der Waals surface area contributed by atoms with Crippen molar-refractivity contribution in [1.82, 2.24) is 5.32 Å². The number of nitrogens with one attached hydrogen (secondary N) is 1. The van der Waals surface area contributed by atoms with Gasteiger partial charge in [-0.15, -0.1) is 0 Å². The van der Waals surface area contributed by atoms with E-state index in [1.807, 2.05) is 0 Å². The van der Waals surface area contributed by atoms with E-state index >= 15 is 0 Å². The lowest BCUT2D eigenvalue weighted by Gasteiger charge is -2.19. The third kappa shape index (κ3) is 3.58. The van der Waals surface area contributed by atoms with Crippen LogP contribution in [0.2, 0.25) is 0 Å². The van der Waals surface area contributed by atoms with Gasteiger partial charge in [-0.25, -0.2) is 0 Å². The second-order valence-electron chi connectivity index (χ2n) is 5.04. The van der Waals surface area contributed by atoms with Gasteiger partial charge in [0.1, 0.15) is 0 Å². The largest absolute Gasteiger partial charge is 0.330 e. The van der Waals surface area contributed by atoms with E-state index in [1.165, 1.54) is 45.2 Å². The van der Waals surface area contributed by atoms with Crippen LogP contribution in [0.25, 0.3) is 0 Å². The second kappa shape index (κ2) is 5.72. The average Bonchev–Trinajstić information content (AvgIpc) is 2.92. The first-order chi connectivity index (χ1) is 6.71. The first kappa shape index (κ1) is 12.0. The smallest absolute Gasteiger partial charge is 0.00103 e. The van der Waals surface area contributed by atoms with E-state index in [0.29, 0.717) is 5.41 Å². The molecule has 0 radical (unpaired) electrons. The van der Waals surface area contributed by atoms with Crippen LogP contribution in [0.4, 0.5) is 0 Å². The Morgan fingerprint density at radius 1 is 1.21 bits per heavy atom. The highest BCUT2D eigenvalue weighted by atomic mass is 14.9. The molecule has 0 bridgehead atoms. The van der Waals surface area contributed by atoms with E-state index in [-0.39, 0.29) is 0 Å². The fraction of sp³-hybridized carbons (Fsp3) is 1.00. The molecule has 0 saturated heterocycles. The monoisotopic (exact) mass is 198 g/mol. The predicted octanol–water partition coefficient (Wildman–Crippen LogP) is 2.14. The number of rotatable bonds is 8. The molecule has 1 saturated carbocycles. The molecule has 1 aliphatic carbocycles. The van der Waals surface area contributed by atoms with Crippen molar-refractivity contribution in [1.29, 1.82) is 0 Å². The molecule has 0 aliphatic heterocycles. The van der Waals surface area contributed by atoms with Gasteiger partial charge in [0.15, 0.2) is 0 Å². The van der Waals surface area contributed by atoms with Crippen molar-refractivity contribution in [2.24, 2.45) is 17.1 Å². The van der Waals surface area contributed by atoms with Crippen molar-refractivity contribution in [2.45, 2.75) is 46.0 Å². The third-order valence-electron chi connectivity index (χ3n) is 3.65. The third-order valence-corrected chi connectivity index (χ3v) is 3.65. The summed E-state index contributed by atoms with van der Waals surface area (Å²) < 4.78 is 0. The minimum atomic E-state index is 0.661. The first-order valence-electron chi connectivity index (χ1n) is 6.12. The highest BCUT2D eigenvalue weighted by Gasteiger charge is 2.44. The van der Waals surface area contributed by atoms with Crippen LogP contribution in [-0.2, 0) is 0 Å². The number of nitrogens with two attached hydrogens (primary N) is 1. The molecule has 0 unspecified atom stereocenters. The fourth-order valence-electron chi connectivity index (χ4n) is 2.03. The fourth-order valence-corrected chi connectivity index (χ4v) is 2.03. The van der Waals surface area contributed by atoms with Gasteiger partial charge in [0.2, 0.25) is 0 Å². The van der Waals surface area contributed by atoms with Crippen molar-refractivity contribution in [3.05, 3.63) is 0 Å². The zero-order valence-electron chi connectivity index (χ0n) is 9.81. The van der Waals surface area contributed by atoms with Gasteiger partial charge in [-0.2, -0.15) is 0 Å². The van der Waals surface area contributed by atoms with Gasteiger partial charge in [-0.3, -0.25) is 0 Å². The molecule has 0 aromatic heterocycles. The lowest BCUT2D eigenvalue weighted by atomic mass is 9.92. The van der Waals surface area contributed by atoms with Crippen LogP contribution in [0.1, 0.15) is 46.0 Å². The summed E-state index contributed by atoms with van der Waals surface area (Å²) >= 11 is 0. The molecule has 0 spiro atoms. The van der Waals surface area contributed by atoms with Crippen LogP contribution in [0.15, 0.2) is 0 Å². The molecule has 3 N–H and O–H groups in total.